The van der Waals surface area contributed by atoms with Crippen LogP contribution in [0.1, 0.15) is 28.8 Å². The van der Waals surface area contributed by atoms with Crippen LogP contribution >= 0.6 is 0 Å². The van der Waals surface area contributed by atoms with Gasteiger partial charge in [-0.1, -0.05) is 48.5 Å². The van der Waals surface area contributed by atoms with E-state index in [0.717, 1.165) is 17.5 Å². The minimum Gasteiger partial charge on any atom is -0.348 e. The molecule has 0 radical (unpaired) electrons. The maximum Gasteiger partial charge on any atom is 0.314 e. The molecule has 2 N–H and O–H groups in total. The first-order chi connectivity index (χ1) is 15.3. The van der Waals surface area contributed by atoms with E-state index in [1.807, 2.05) is 61.5 Å². The Hall–Kier alpha value is -3.46. The highest BCUT2D eigenvalue weighted by atomic mass is 32.2. The van der Waals surface area contributed by atoms with Gasteiger partial charge in [0, 0.05) is 12.1 Å². The third-order valence-electron chi connectivity index (χ3n) is 5.34. The van der Waals surface area contributed by atoms with E-state index in [1.165, 1.54) is 4.68 Å². The predicted molar refractivity (Wildman–Crippen MR) is 121 cm³/mol. The average molecular weight is 453 g/mol. The van der Waals surface area contributed by atoms with Gasteiger partial charge in [0.05, 0.1) is 22.9 Å². The maximum absolute atomic E-state index is 12.6. The van der Waals surface area contributed by atoms with E-state index in [0.29, 0.717) is 29.9 Å². The fourth-order valence-electron chi connectivity index (χ4n) is 3.73. The molecule has 1 aliphatic rings. The molecule has 2 heterocycles. The molecular formula is C23H24N4O4S. The molecule has 166 valence electrons. The number of sulfone groups is 1. The Morgan fingerprint density at radius 3 is 2.47 bits per heavy atom. The molecule has 1 aromatic heterocycles. The second kappa shape index (κ2) is 8.96. The van der Waals surface area contributed by atoms with Gasteiger partial charge in [0.15, 0.2) is 9.84 Å². The number of aromatic nitrogens is 2. The summed E-state index contributed by atoms with van der Waals surface area (Å²) in [5.41, 5.74) is 3.59. The van der Waals surface area contributed by atoms with E-state index >= 15 is 0 Å². The molecule has 4 rings (SSSR count). The number of fused-ring (bicyclic) bond motifs is 1. The number of carbonyl (C=O) groups is 2. The second-order valence-electron chi connectivity index (χ2n) is 7.80. The Labute approximate surface area is 186 Å². The molecule has 0 saturated carbocycles. The molecule has 0 aliphatic carbocycles. The quantitative estimate of drug-likeness (QED) is 0.441. The topological polar surface area (TPSA) is 110 Å². The number of hydrogen-bond donors (Lipinski definition) is 2. The molecular weight excluding hydrogens is 428 g/mol. The summed E-state index contributed by atoms with van der Waals surface area (Å²) in [5.74, 6) is -1.81. The van der Waals surface area contributed by atoms with E-state index in [9.17, 15) is 18.0 Å². The van der Waals surface area contributed by atoms with Crippen molar-refractivity contribution < 1.29 is 18.0 Å². The number of benzene rings is 2. The van der Waals surface area contributed by atoms with Gasteiger partial charge in [0.1, 0.15) is 5.82 Å². The predicted octanol–water partition coefficient (Wildman–Crippen LogP) is 2.30. The monoisotopic (exact) mass is 452 g/mol. The number of para-hydroxylation sites is 1. The van der Waals surface area contributed by atoms with Crippen LogP contribution in [0.3, 0.4) is 0 Å². The highest BCUT2D eigenvalue weighted by molar-refractivity contribution is 7.90. The lowest BCUT2D eigenvalue weighted by Gasteiger charge is -2.13. The van der Waals surface area contributed by atoms with Crippen molar-refractivity contribution in [3.05, 3.63) is 77.0 Å². The van der Waals surface area contributed by atoms with Crippen molar-refractivity contribution in [2.45, 2.75) is 31.3 Å². The summed E-state index contributed by atoms with van der Waals surface area (Å²) in [6, 6.07) is 17.3. The molecule has 32 heavy (non-hydrogen) atoms. The summed E-state index contributed by atoms with van der Waals surface area (Å²) in [7, 11) is -3.32. The largest absolute Gasteiger partial charge is 0.348 e. The summed E-state index contributed by atoms with van der Waals surface area (Å²) < 4.78 is 25.7. The molecule has 0 spiro atoms. The van der Waals surface area contributed by atoms with Gasteiger partial charge in [-0.3, -0.25) is 9.59 Å². The normalized spacial score (nSPS) is 14.0. The van der Waals surface area contributed by atoms with E-state index < -0.39 is 21.7 Å². The summed E-state index contributed by atoms with van der Waals surface area (Å²) in [5, 5.41) is 9.65. The zero-order chi connectivity index (χ0) is 22.7. The Morgan fingerprint density at radius 2 is 1.72 bits per heavy atom. The molecule has 3 aromatic rings. The minimum atomic E-state index is -3.32. The van der Waals surface area contributed by atoms with Crippen molar-refractivity contribution in [2.75, 3.05) is 11.9 Å². The molecule has 9 heteroatoms. The zero-order valence-corrected chi connectivity index (χ0v) is 18.5. The van der Waals surface area contributed by atoms with E-state index in [4.69, 9.17) is 0 Å². The number of amides is 2. The molecule has 0 bridgehead atoms. The highest BCUT2D eigenvalue weighted by Gasteiger charge is 2.34. The van der Waals surface area contributed by atoms with Crippen molar-refractivity contribution >= 4 is 27.5 Å². The van der Waals surface area contributed by atoms with Crippen molar-refractivity contribution in [3.8, 4) is 5.69 Å². The highest BCUT2D eigenvalue weighted by Crippen LogP contribution is 2.33. The molecule has 2 aromatic carbocycles. The number of anilines is 1. The first-order valence-electron chi connectivity index (χ1n) is 10.3. The Bertz CT molecular complexity index is 1270. The lowest BCUT2D eigenvalue weighted by Crippen LogP contribution is -2.36. The van der Waals surface area contributed by atoms with Gasteiger partial charge < -0.3 is 10.6 Å². The fraction of sp³-hybridized carbons (Fsp3) is 0.261. The van der Waals surface area contributed by atoms with Crippen LogP contribution < -0.4 is 10.6 Å². The average Bonchev–Trinajstić information content (AvgIpc) is 3.24. The first kappa shape index (κ1) is 21.8. The third kappa shape index (κ3) is 4.72. The standard InChI is InChI=1S/C23H24N4O4S/c1-16-8-5-6-12-20(16)27-21(18-14-32(30,31)15-19(18)26-27)25-23(29)22(28)24-13-7-11-17-9-3-2-4-10-17/h2-6,8-10,12H,7,11,13-15H2,1H3,(H,24,28)(H,25,29). The third-order valence-corrected chi connectivity index (χ3v) is 6.78. The van der Waals surface area contributed by atoms with Crippen LogP contribution in [0.15, 0.2) is 54.6 Å². The lowest BCUT2D eigenvalue weighted by molar-refractivity contribution is -0.136. The van der Waals surface area contributed by atoms with Crippen LogP contribution in [0.4, 0.5) is 5.82 Å². The van der Waals surface area contributed by atoms with Crippen LogP contribution in [-0.2, 0) is 37.4 Å². The van der Waals surface area contributed by atoms with Gasteiger partial charge in [0.25, 0.3) is 0 Å². The minimum absolute atomic E-state index is 0.185. The summed E-state index contributed by atoms with van der Waals surface area (Å²) in [6.45, 7) is 2.24. The van der Waals surface area contributed by atoms with Crippen LogP contribution in [0, 0.1) is 6.92 Å². The SMILES string of the molecule is Cc1ccccc1-n1nc2c(c1NC(=O)C(=O)NCCCc1ccccc1)CS(=O)(=O)C2. The smallest absolute Gasteiger partial charge is 0.314 e. The molecule has 0 fully saturated rings. The van der Waals surface area contributed by atoms with Gasteiger partial charge >= 0.3 is 11.8 Å². The summed E-state index contributed by atoms with van der Waals surface area (Å²) in [6.07, 6.45) is 1.48. The first-order valence-corrected chi connectivity index (χ1v) is 12.2. The molecule has 2 amide bonds. The number of nitrogens with one attached hydrogen (secondary N) is 2. The van der Waals surface area contributed by atoms with Crippen molar-refractivity contribution in [2.24, 2.45) is 0 Å². The van der Waals surface area contributed by atoms with Crippen molar-refractivity contribution in [1.82, 2.24) is 15.1 Å². The Morgan fingerprint density at radius 1 is 1.00 bits per heavy atom. The molecule has 8 nitrogen and oxygen atoms in total. The van der Waals surface area contributed by atoms with E-state index in [1.54, 1.807) is 0 Å². The number of nitrogens with zero attached hydrogens (tertiary/aromatic N) is 2. The van der Waals surface area contributed by atoms with Gasteiger partial charge in [0.2, 0.25) is 0 Å². The second-order valence-corrected chi connectivity index (χ2v) is 9.87. The molecule has 0 atom stereocenters. The number of carbonyl (C=O) groups excluding carboxylic acids is 2. The van der Waals surface area contributed by atoms with Crippen molar-refractivity contribution in [3.63, 3.8) is 0 Å². The van der Waals surface area contributed by atoms with Crippen LogP contribution in [0.2, 0.25) is 0 Å². The number of aryl methyl sites for hydroxylation is 2. The fourth-order valence-corrected chi connectivity index (χ4v) is 5.22. The van der Waals surface area contributed by atoms with Crippen LogP contribution in [-0.4, -0.2) is 36.6 Å². The van der Waals surface area contributed by atoms with Gasteiger partial charge in [-0.25, -0.2) is 13.1 Å². The maximum atomic E-state index is 12.6. The molecule has 0 saturated heterocycles. The number of rotatable bonds is 6. The lowest BCUT2D eigenvalue weighted by atomic mass is 10.1. The Balaban J connectivity index is 1.47. The van der Waals surface area contributed by atoms with Crippen LogP contribution in [0.25, 0.3) is 5.69 Å². The Kier molecular flexibility index (Phi) is 6.09. The van der Waals surface area contributed by atoms with Crippen molar-refractivity contribution in [1.29, 1.82) is 0 Å². The zero-order valence-electron chi connectivity index (χ0n) is 17.7. The van der Waals surface area contributed by atoms with Gasteiger partial charge in [-0.2, -0.15) is 5.10 Å². The summed E-state index contributed by atoms with van der Waals surface area (Å²) >= 11 is 0. The van der Waals surface area contributed by atoms with E-state index in [2.05, 4.69) is 15.7 Å². The molecule has 1 aliphatic heterocycles. The summed E-state index contributed by atoms with van der Waals surface area (Å²) in [4.78, 5) is 24.9. The number of hydrogen-bond acceptors (Lipinski definition) is 5. The van der Waals surface area contributed by atoms with Crippen LogP contribution in [0.5, 0.6) is 0 Å². The van der Waals surface area contributed by atoms with E-state index in [-0.39, 0.29) is 17.3 Å². The van der Waals surface area contributed by atoms with Gasteiger partial charge in [-0.05, 0) is 37.0 Å². The molecule has 0 unspecified atom stereocenters. The van der Waals surface area contributed by atoms with Gasteiger partial charge in [-0.15, -0.1) is 0 Å².